The van der Waals surface area contributed by atoms with E-state index >= 15 is 0 Å². The quantitative estimate of drug-likeness (QED) is 0.0881. The molecule has 15 nitrogen and oxygen atoms in total. The molecule has 80 heavy (non-hydrogen) atoms. The van der Waals surface area contributed by atoms with E-state index in [1.54, 1.807) is 0 Å². The zero-order chi connectivity index (χ0) is 54.6. The highest BCUT2D eigenvalue weighted by atomic mass is 28.3. The third-order valence-electron chi connectivity index (χ3n) is 16.9. The molecular weight excluding hydrogens is 1010 g/mol. The van der Waals surface area contributed by atoms with Crippen molar-refractivity contribution >= 4 is 73.8 Å². The van der Waals surface area contributed by atoms with Crippen LogP contribution in [0.2, 0.25) is 25.7 Å². The van der Waals surface area contributed by atoms with E-state index in [-0.39, 0.29) is 12.1 Å². The average molecular weight is 1080 g/mol. The Morgan fingerprint density at radius 1 is 0.600 bits per heavy atom. The summed E-state index contributed by atoms with van der Waals surface area (Å²) in [6.07, 6.45) is 12.2. The number of hydrogen-bond acceptors (Lipinski definition) is 9. The Morgan fingerprint density at radius 2 is 1.10 bits per heavy atom. The van der Waals surface area contributed by atoms with E-state index in [1.807, 2.05) is 55.9 Å². The van der Waals surface area contributed by atoms with E-state index in [9.17, 15) is 0 Å². The first-order chi connectivity index (χ1) is 39.0. The summed E-state index contributed by atoms with van der Waals surface area (Å²) in [7, 11) is 2.74. The average Bonchev–Trinajstić information content (AvgIpc) is 4.44. The van der Waals surface area contributed by atoms with Crippen LogP contribution in [-0.2, 0) is 35.0 Å². The van der Waals surface area contributed by atoms with Gasteiger partial charge < -0.3 is 32.9 Å². The Morgan fingerprint density at radius 3 is 1.60 bits per heavy atom. The number of aromatic nitrogens is 12. The zero-order valence-corrected chi connectivity index (χ0v) is 47.9. The lowest BCUT2D eigenvalue weighted by atomic mass is 9.86. The van der Waals surface area contributed by atoms with Crippen molar-refractivity contribution < 1.29 is 14.2 Å². The summed E-state index contributed by atoms with van der Waals surface area (Å²) < 4.78 is 28.8. The normalized spacial score (nSPS) is 15.7. The number of fused-ring (bicyclic) bond motifs is 10. The van der Waals surface area contributed by atoms with Gasteiger partial charge in [0.1, 0.15) is 6.73 Å². The van der Waals surface area contributed by atoms with Gasteiger partial charge in [-0.2, -0.15) is 0 Å². The number of hydrogen-bond donors (Lipinski definition) is 1. The van der Waals surface area contributed by atoms with Crippen LogP contribution in [0.4, 0.5) is 0 Å². The lowest BCUT2D eigenvalue weighted by Gasteiger charge is -2.33. The van der Waals surface area contributed by atoms with Crippen LogP contribution in [0.15, 0.2) is 134 Å². The summed E-state index contributed by atoms with van der Waals surface area (Å²) >= 11 is 0. The number of nitrogens with one attached hydrogen (secondary N) is 1. The van der Waals surface area contributed by atoms with Gasteiger partial charge in [0.15, 0.2) is 0 Å². The van der Waals surface area contributed by atoms with Crippen LogP contribution in [0.25, 0.3) is 88.2 Å². The van der Waals surface area contributed by atoms with Gasteiger partial charge in [0.2, 0.25) is 0 Å². The van der Waals surface area contributed by atoms with E-state index in [4.69, 9.17) is 24.2 Å². The van der Waals surface area contributed by atoms with Crippen LogP contribution < -0.4 is 0 Å². The molecule has 0 radical (unpaired) electrons. The molecule has 2 aliphatic heterocycles. The molecule has 2 atom stereocenters. The Hall–Kier alpha value is -7.76. The number of rotatable bonds is 13. The SMILES string of the molecule is Cc1nnn(C)c1-c1cnc2c3c4cc[nH]c4ccc3n([C@H](c3ccccc3)C3CCOCC3)c2c1.Cc1nnn(C)c1-c1cnc2c3c4ccn(COCC[Si](C)(C)C)c4ccc3n([C@H](c3ccccc3)C3CCOCC3)c2c1. The van der Waals surface area contributed by atoms with Gasteiger partial charge in [-0.3, -0.25) is 9.97 Å². The maximum absolute atomic E-state index is 6.17. The van der Waals surface area contributed by atoms with Gasteiger partial charge in [-0.1, -0.05) is 90.7 Å². The number of nitrogens with zero attached hydrogens (tertiary/aromatic N) is 11. The molecule has 8 aromatic heterocycles. The van der Waals surface area contributed by atoms with Crippen LogP contribution in [0.1, 0.15) is 60.3 Å². The molecule has 0 amide bonds. The molecule has 0 aliphatic carbocycles. The van der Waals surface area contributed by atoms with Crippen molar-refractivity contribution in [3.05, 3.63) is 156 Å². The van der Waals surface area contributed by atoms with Crippen LogP contribution in [0.3, 0.4) is 0 Å². The van der Waals surface area contributed by atoms with Crippen molar-refractivity contribution in [2.24, 2.45) is 25.9 Å². The fraction of sp³-hybridized carbons (Fsp3) is 0.344. The smallest absolute Gasteiger partial charge is 0.122 e. The molecule has 0 bridgehead atoms. The van der Waals surface area contributed by atoms with Crippen molar-refractivity contribution in [1.82, 2.24) is 58.6 Å². The third-order valence-corrected chi connectivity index (χ3v) is 18.6. The van der Waals surface area contributed by atoms with E-state index in [0.29, 0.717) is 18.6 Å². The zero-order valence-electron chi connectivity index (χ0n) is 46.9. The highest BCUT2D eigenvalue weighted by molar-refractivity contribution is 6.76. The van der Waals surface area contributed by atoms with Crippen molar-refractivity contribution in [1.29, 1.82) is 0 Å². The minimum absolute atomic E-state index is 0.146. The highest BCUT2D eigenvalue weighted by Crippen LogP contribution is 2.45. The summed E-state index contributed by atoms with van der Waals surface area (Å²) in [5, 5.41) is 21.9. The van der Waals surface area contributed by atoms with E-state index in [1.165, 1.54) is 49.2 Å². The van der Waals surface area contributed by atoms with Crippen LogP contribution >= 0.6 is 0 Å². The third kappa shape index (κ3) is 9.40. The van der Waals surface area contributed by atoms with Gasteiger partial charge in [0.05, 0.1) is 73.5 Å². The summed E-state index contributed by atoms with van der Waals surface area (Å²) in [6.45, 7) is 15.7. The minimum atomic E-state index is -1.14. The first kappa shape index (κ1) is 51.7. The standard InChI is InChI=1S/C35H42N6O2Si.C29H28N6O/c1-24-34(39(2)38-37-24)27-21-31-33(36-22-27)32-28-13-16-40(23-43-19-20-44(3,4)5)29(28)11-12-30(32)41(31)35(25-9-7-6-8-10-25)26-14-17-42-18-15-26;1-18-28(34(2)33-32-18)21-16-25-27(31-17-21)26-22-10-13-30-23(22)8-9-24(26)35(25)29(19-6-4-3-5-7-19)20-11-14-36-15-12-20/h6-13,16,21-22,26,35H,14-15,17-20,23H2,1-5H3;3-10,13,16-17,20,29-30H,11-12,14-15H2,1-2H3/t35-;29-/m11/s1. The molecular formula is C64H70N12O3Si. The molecule has 408 valence electrons. The molecule has 12 aromatic rings. The summed E-state index contributed by atoms with van der Waals surface area (Å²) in [4.78, 5) is 13.7. The number of H-pyrrole nitrogens is 1. The lowest BCUT2D eigenvalue weighted by molar-refractivity contribution is 0.0552. The minimum Gasteiger partial charge on any atom is -0.381 e. The van der Waals surface area contributed by atoms with Gasteiger partial charge in [0, 0.05) is 118 Å². The fourth-order valence-corrected chi connectivity index (χ4v) is 13.8. The largest absolute Gasteiger partial charge is 0.381 e. The predicted octanol–water partition coefficient (Wildman–Crippen LogP) is 13.4. The van der Waals surface area contributed by atoms with Crippen molar-refractivity contribution in [3.8, 4) is 22.5 Å². The second-order valence-corrected chi connectivity index (χ2v) is 28.9. The lowest BCUT2D eigenvalue weighted by Crippen LogP contribution is -2.26. The molecule has 4 aromatic carbocycles. The number of ether oxygens (including phenoxy) is 3. The second kappa shape index (κ2) is 21.4. The molecule has 2 saturated heterocycles. The summed E-state index contributed by atoms with van der Waals surface area (Å²) in [6, 6.07) is 41.3. The summed E-state index contributed by atoms with van der Waals surface area (Å²) in [5.41, 5.74) is 17.5. The number of aromatic amines is 1. The van der Waals surface area contributed by atoms with Crippen LogP contribution in [-0.4, -0.2) is 99.7 Å². The Balaban J connectivity index is 0.000000154. The Labute approximate surface area is 466 Å². The van der Waals surface area contributed by atoms with E-state index < -0.39 is 8.07 Å². The highest BCUT2D eigenvalue weighted by Gasteiger charge is 2.33. The second-order valence-electron chi connectivity index (χ2n) is 23.3. The van der Waals surface area contributed by atoms with Gasteiger partial charge in [-0.25, -0.2) is 9.36 Å². The van der Waals surface area contributed by atoms with Crippen LogP contribution in [0.5, 0.6) is 0 Å². The molecule has 0 spiro atoms. The Kier molecular flexibility index (Phi) is 13.8. The van der Waals surface area contributed by atoms with Crippen molar-refractivity contribution in [3.63, 3.8) is 0 Å². The fourth-order valence-electron chi connectivity index (χ4n) is 13.1. The number of pyridine rings is 2. The van der Waals surface area contributed by atoms with Gasteiger partial charge in [-0.15, -0.1) is 10.2 Å². The van der Waals surface area contributed by atoms with E-state index in [0.717, 1.165) is 126 Å². The first-order valence-corrected chi connectivity index (χ1v) is 32.1. The maximum Gasteiger partial charge on any atom is 0.122 e. The topological polar surface area (TPSA) is 145 Å². The maximum atomic E-state index is 6.17. The predicted molar refractivity (Wildman–Crippen MR) is 322 cm³/mol. The number of benzene rings is 4. The molecule has 0 unspecified atom stereocenters. The number of aryl methyl sites for hydroxylation is 4. The molecule has 16 heteroatoms. The van der Waals surface area contributed by atoms with E-state index in [2.05, 4.69) is 174 Å². The molecule has 0 saturated carbocycles. The molecule has 2 aliphatic rings. The van der Waals surface area contributed by atoms with Crippen molar-refractivity contribution in [2.45, 2.75) is 84.0 Å². The molecule has 10 heterocycles. The Bertz CT molecular complexity index is 4130. The van der Waals surface area contributed by atoms with Gasteiger partial charge >= 0.3 is 0 Å². The first-order valence-electron chi connectivity index (χ1n) is 28.4. The van der Waals surface area contributed by atoms with Crippen molar-refractivity contribution in [2.75, 3.05) is 33.0 Å². The van der Waals surface area contributed by atoms with Gasteiger partial charge in [-0.05, 0) is 117 Å². The van der Waals surface area contributed by atoms with Crippen LogP contribution in [0, 0.1) is 25.7 Å². The van der Waals surface area contributed by atoms with Gasteiger partial charge in [0.25, 0.3) is 0 Å². The summed E-state index contributed by atoms with van der Waals surface area (Å²) in [5.74, 6) is 0.902. The molecule has 2 fully saturated rings. The molecule has 1 N–H and O–H groups in total. The molecule has 14 rings (SSSR count). The monoisotopic (exact) mass is 1080 g/mol.